The summed E-state index contributed by atoms with van der Waals surface area (Å²) < 4.78 is 0. The van der Waals surface area contributed by atoms with Gasteiger partial charge in [-0.25, -0.2) is 0 Å². The molecule has 7 rings (SSSR count). The van der Waals surface area contributed by atoms with Gasteiger partial charge >= 0.3 is 0 Å². The number of phenolic OH excluding ortho intramolecular Hbond substituents is 2. The van der Waals surface area contributed by atoms with E-state index in [0.717, 1.165) is 21.6 Å². The van der Waals surface area contributed by atoms with E-state index in [1.54, 1.807) is 12.1 Å². The van der Waals surface area contributed by atoms with E-state index in [0.29, 0.717) is 10.8 Å². The summed E-state index contributed by atoms with van der Waals surface area (Å²) in [4.78, 5) is 6.90. The second kappa shape index (κ2) is 9.34. The first-order valence-electron chi connectivity index (χ1n) is 12.5. The SMILES string of the molecule is Oc1cccc(Nc2nnc(-c3ccc(C(c4c[nH]c5ccccc45)c4c[nH]c5ccccc45)cc3)s2)c1O. The number of aromatic amines is 2. The van der Waals surface area contributed by atoms with Crippen molar-refractivity contribution in [3.8, 4) is 22.1 Å². The zero-order valence-electron chi connectivity index (χ0n) is 20.6. The molecule has 3 aromatic heterocycles. The summed E-state index contributed by atoms with van der Waals surface area (Å²) in [5, 5.41) is 35.1. The van der Waals surface area contributed by atoms with Crippen molar-refractivity contribution in [3.05, 3.63) is 120 Å². The minimum atomic E-state index is -0.223. The van der Waals surface area contributed by atoms with Gasteiger partial charge < -0.3 is 25.5 Å². The molecule has 0 saturated heterocycles. The van der Waals surface area contributed by atoms with Gasteiger partial charge in [-0.15, -0.1) is 10.2 Å². The van der Waals surface area contributed by atoms with Crippen LogP contribution >= 0.6 is 11.3 Å². The fourth-order valence-corrected chi connectivity index (χ4v) is 5.91. The molecule has 0 aliphatic heterocycles. The molecule has 0 atom stereocenters. The van der Waals surface area contributed by atoms with Crippen molar-refractivity contribution in [3.63, 3.8) is 0 Å². The lowest BCUT2D eigenvalue weighted by molar-refractivity contribution is 0.405. The minimum absolute atomic E-state index is 0.0201. The van der Waals surface area contributed by atoms with Crippen LogP contribution in [0.1, 0.15) is 22.6 Å². The van der Waals surface area contributed by atoms with Crippen LogP contribution in [-0.2, 0) is 0 Å². The second-order valence-corrected chi connectivity index (χ2v) is 10.3. The highest BCUT2D eigenvalue weighted by molar-refractivity contribution is 7.18. The minimum Gasteiger partial charge on any atom is -0.504 e. The molecule has 190 valence electrons. The molecule has 39 heavy (non-hydrogen) atoms. The number of rotatable bonds is 6. The molecule has 0 spiro atoms. The molecule has 0 saturated carbocycles. The number of phenols is 2. The van der Waals surface area contributed by atoms with Gasteiger partial charge in [0.15, 0.2) is 11.5 Å². The summed E-state index contributed by atoms with van der Waals surface area (Å²) in [6.07, 6.45) is 4.23. The Morgan fingerprint density at radius 1 is 0.692 bits per heavy atom. The zero-order chi connectivity index (χ0) is 26.3. The van der Waals surface area contributed by atoms with Crippen molar-refractivity contribution < 1.29 is 10.2 Å². The smallest absolute Gasteiger partial charge is 0.210 e. The normalized spacial score (nSPS) is 11.5. The molecule has 0 fully saturated rings. The number of anilines is 2. The third-order valence-electron chi connectivity index (χ3n) is 7.04. The van der Waals surface area contributed by atoms with E-state index in [2.05, 4.69) is 98.5 Å². The van der Waals surface area contributed by atoms with Gasteiger partial charge in [0, 0.05) is 45.7 Å². The molecular weight excluding hydrogens is 506 g/mol. The molecule has 4 aromatic carbocycles. The molecule has 8 heteroatoms. The first kappa shape index (κ1) is 23.1. The van der Waals surface area contributed by atoms with E-state index in [-0.39, 0.29) is 17.4 Å². The van der Waals surface area contributed by atoms with Crippen molar-refractivity contribution >= 4 is 44.0 Å². The Hall–Kier alpha value is -5.08. The van der Waals surface area contributed by atoms with E-state index < -0.39 is 0 Å². The van der Waals surface area contributed by atoms with Gasteiger partial charge in [0.05, 0.1) is 5.69 Å². The average Bonchev–Trinajstić information content (AvgIpc) is 3.72. The van der Waals surface area contributed by atoms with Crippen LogP contribution < -0.4 is 5.32 Å². The number of nitrogens with one attached hydrogen (secondary N) is 3. The Morgan fingerprint density at radius 2 is 1.33 bits per heavy atom. The van der Waals surface area contributed by atoms with E-state index >= 15 is 0 Å². The second-order valence-electron chi connectivity index (χ2n) is 9.34. The Labute approximate surface area is 227 Å². The van der Waals surface area contributed by atoms with Crippen LogP contribution in [0.15, 0.2) is 103 Å². The van der Waals surface area contributed by atoms with Gasteiger partial charge in [-0.3, -0.25) is 0 Å². The summed E-state index contributed by atoms with van der Waals surface area (Å²) in [7, 11) is 0. The molecule has 7 nitrogen and oxygen atoms in total. The van der Waals surface area contributed by atoms with E-state index in [1.807, 2.05) is 12.1 Å². The maximum absolute atomic E-state index is 10.1. The van der Waals surface area contributed by atoms with Crippen molar-refractivity contribution in [1.82, 2.24) is 20.2 Å². The van der Waals surface area contributed by atoms with Crippen LogP contribution in [0.3, 0.4) is 0 Å². The average molecular weight is 530 g/mol. The van der Waals surface area contributed by atoms with Crippen LogP contribution in [0, 0.1) is 0 Å². The predicted octanol–water partition coefficient (Wildman–Crippen LogP) is 7.50. The maximum Gasteiger partial charge on any atom is 0.210 e. The van der Waals surface area contributed by atoms with E-state index in [4.69, 9.17) is 0 Å². The number of nitrogens with zero attached hydrogens (tertiary/aromatic N) is 2. The summed E-state index contributed by atoms with van der Waals surface area (Å²) in [6, 6.07) is 30.0. The van der Waals surface area contributed by atoms with Crippen molar-refractivity contribution in [1.29, 1.82) is 0 Å². The molecule has 0 radical (unpaired) electrons. The fraction of sp³-hybridized carbons (Fsp3) is 0.0323. The summed E-state index contributed by atoms with van der Waals surface area (Å²) in [5.74, 6) is -0.397. The highest BCUT2D eigenvalue weighted by Crippen LogP contribution is 2.41. The van der Waals surface area contributed by atoms with Gasteiger partial charge in [-0.1, -0.05) is 78.1 Å². The lowest BCUT2D eigenvalue weighted by Gasteiger charge is -2.18. The van der Waals surface area contributed by atoms with Gasteiger partial charge in [0.1, 0.15) is 5.01 Å². The third kappa shape index (κ3) is 4.07. The van der Waals surface area contributed by atoms with Gasteiger partial charge in [-0.2, -0.15) is 0 Å². The van der Waals surface area contributed by atoms with Crippen LogP contribution in [0.25, 0.3) is 32.4 Å². The topological polar surface area (TPSA) is 110 Å². The maximum atomic E-state index is 10.1. The molecule has 0 bridgehead atoms. The van der Waals surface area contributed by atoms with Crippen LogP contribution in [0.2, 0.25) is 0 Å². The van der Waals surface area contributed by atoms with Crippen LogP contribution in [0.4, 0.5) is 10.8 Å². The number of aromatic nitrogens is 4. The summed E-state index contributed by atoms with van der Waals surface area (Å²) in [5.41, 5.74) is 7.14. The fourth-order valence-electron chi connectivity index (χ4n) is 5.15. The predicted molar refractivity (Wildman–Crippen MR) is 156 cm³/mol. The number of fused-ring (bicyclic) bond motifs is 2. The van der Waals surface area contributed by atoms with Crippen LogP contribution in [-0.4, -0.2) is 30.4 Å². The molecule has 0 aliphatic carbocycles. The summed E-state index contributed by atoms with van der Waals surface area (Å²) >= 11 is 1.37. The van der Waals surface area contributed by atoms with Gasteiger partial charge in [-0.05, 0) is 41.0 Å². The first-order valence-corrected chi connectivity index (χ1v) is 13.3. The Bertz CT molecular complexity index is 1860. The molecule has 7 aromatic rings. The Morgan fingerprint density at radius 3 is 2.00 bits per heavy atom. The first-order chi connectivity index (χ1) is 19.2. The standard InChI is InChI=1S/C31H23N5O2S/c37-27-11-5-10-26(29(27)38)34-31-36-35-30(39-31)19-14-12-18(13-15-19)28(22-16-32-24-8-3-1-6-20(22)24)23-17-33-25-9-4-2-7-21(23)25/h1-17,28,32-33,37-38H,(H,34,36). The number of hydrogen-bond acceptors (Lipinski definition) is 6. The third-order valence-corrected chi connectivity index (χ3v) is 7.92. The molecule has 0 aliphatic rings. The molecule has 0 amide bonds. The highest BCUT2D eigenvalue weighted by atomic mass is 32.1. The highest BCUT2D eigenvalue weighted by Gasteiger charge is 2.23. The zero-order valence-corrected chi connectivity index (χ0v) is 21.4. The van der Waals surface area contributed by atoms with Gasteiger partial charge in [0.2, 0.25) is 5.13 Å². The lowest BCUT2D eigenvalue weighted by atomic mass is 9.84. The van der Waals surface area contributed by atoms with E-state index in [9.17, 15) is 10.2 Å². The van der Waals surface area contributed by atoms with Crippen molar-refractivity contribution in [2.24, 2.45) is 0 Å². The summed E-state index contributed by atoms with van der Waals surface area (Å²) in [6.45, 7) is 0. The van der Waals surface area contributed by atoms with Gasteiger partial charge in [0.25, 0.3) is 0 Å². The lowest BCUT2D eigenvalue weighted by Crippen LogP contribution is -2.02. The largest absolute Gasteiger partial charge is 0.504 e. The van der Waals surface area contributed by atoms with Crippen molar-refractivity contribution in [2.45, 2.75) is 5.92 Å². The molecular formula is C31H23N5O2S. The number of hydrogen-bond donors (Lipinski definition) is 5. The number of H-pyrrole nitrogens is 2. The molecule has 5 N–H and O–H groups in total. The monoisotopic (exact) mass is 529 g/mol. The molecule has 0 unspecified atom stereocenters. The quantitative estimate of drug-likeness (QED) is 0.143. The van der Waals surface area contributed by atoms with Crippen LogP contribution in [0.5, 0.6) is 11.5 Å². The number of benzene rings is 4. The Balaban J connectivity index is 1.26. The Kier molecular flexibility index (Phi) is 5.53. The molecule has 3 heterocycles. The van der Waals surface area contributed by atoms with E-state index in [1.165, 1.54) is 44.9 Å². The van der Waals surface area contributed by atoms with Crippen molar-refractivity contribution in [2.75, 3.05) is 5.32 Å². The number of para-hydroxylation sites is 3. The number of aromatic hydroxyl groups is 2.